The SMILES string of the molecule is CC(C)(C)OC(=O)N1CCN(c2ccc(N)c(CC(O)c3ccc4ccc(C#N)cc4c3)c2)CC1. The Morgan fingerprint density at radius 2 is 1.77 bits per heavy atom. The predicted molar refractivity (Wildman–Crippen MR) is 138 cm³/mol. The van der Waals surface area contributed by atoms with Gasteiger partial charge in [-0.2, -0.15) is 5.26 Å². The first-order valence-electron chi connectivity index (χ1n) is 11.9. The van der Waals surface area contributed by atoms with E-state index in [-0.39, 0.29) is 6.09 Å². The van der Waals surface area contributed by atoms with E-state index in [1.807, 2.05) is 69.3 Å². The molecule has 1 fully saturated rings. The molecule has 1 atom stereocenters. The molecule has 0 radical (unpaired) electrons. The summed E-state index contributed by atoms with van der Waals surface area (Å²) < 4.78 is 5.49. The fourth-order valence-electron chi connectivity index (χ4n) is 4.31. The lowest BCUT2D eigenvalue weighted by atomic mass is 9.97. The first-order chi connectivity index (χ1) is 16.6. The Morgan fingerprint density at radius 3 is 2.46 bits per heavy atom. The molecule has 0 aliphatic carbocycles. The Balaban J connectivity index is 1.45. The van der Waals surface area contributed by atoms with Gasteiger partial charge in [-0.05, 0) is 79.1 Å². The molecule has 1 heterocycles. The van der Waals surface area contributed by atoms with Crippen LogP contribution in [0.1, 0.15) is 43.6 Å². The number of aliphatic hydroxyl groups is 1. The lowest BCUT2D eigenvalue weighted by molar-refractivity contribution is 0.0240. The summed E-state index contributed by atoms with van der Waals surface area (Å²) in [5.74, 6) is 0. The van der Waals surface area contributed by atoms with E-state index in [0.717, 1.165) is 27.6 Å². The zero-order chi connectivity index (χ0) is 25.2. The highest BCUT2D eigenvalue weighted by atomic mass is 16.6. The van der Waals surface area contributed by atoms with E-state index in [2.05, 4.69) is 11.0 Å². The van der Waals surface area contributed by atoms with E-state index >= 15 is 0 Å². The minimum atomic E-state index is -0.730. The highest BCUT2D eigenvalue weighted by Crippen LogP contribution is 2.29. The number of rotatable bonds is 4. The summed E-state index contributed by atoms with van der Waals surface area (Å²) in [4.78, 5) is 16.3. The molecule has 1 amide bonds. The summed E-state index contributed by atoms with van der Waals surface area (Å²) in [6.45, 7) is 8.15. The van der Waals surface area contributed by atoms with Crippen LogP contribution in [0.5, 0.6) is 0 Å². The maximum Gasteiger partial charge on any atom is 0.410 e. The fourth-order valence-corrected chi connectivity index (χ4v) is 4.31. The summed E-state index contributed by atoms with van der Waals surface area (Å²) in [6, 6.07) is 19.4. The van der Waals surface area contributed by atoms with Crippen molar-refractivity contribution in [1.29, 1.82) is 5.26 Å². The van der Waals surface area contributed by atoms with E-state index < -0.39 is 11.7 Å². The summed E-state index contributed by atoms with van der Waals surface area (Å²) in [6.07, 6.45) is -0.636. The number of nitrogen functional groups attached to an aromatic ring is 1. The smallest absolute Gasteiger partial charge is 0.410 e. The number of nitrogens with zero attached hydrogens (tertiary/aromatic N) is 3. The van der Waals surface area contributed by atoms with Crippen molar-refractivity contribution in [2.45, 2.75) is 38.9 Å². The number of ether oxygens (including phenoxy) is 1. The molecule has 1 unspecified atom stereocenters. The predicted octanol–water partition coefficient (Wildman–Crippen LogP) is 4.63. The average Bonchev–Trinajstić information content (AvgIpc) is 2.83. The number of benzene rings is 3. The van der Waals surface area contributed by atoms with Crippen molar-refractivity contribution in [1.82, 2.24) is 4.90 Å². The number of carbonyl (C=O) groups is 1. The lowest BCUT2D eigenvalue weighted by Gasteiger charge is -2.37. The highest BCUT2D eigenvalue weighted by Gasteiger charge is 2.26. The van der Waals surface area contributed by atoms with Crippen molar-refractivity contribution in [3.63, 3.8) is 0 Å². The highest BCUT2D eigenvalue weighted by molar-refractivity contribution is 5.84. The molecule has 1 aliphatic rings. The van der Waals surface area contributed by atoms with Crippen molar-refractivity contribution in [3.05, 3.63) is 71.3 Å². The molecule has 3 aromatic rings. The summed E-state index contributed by atoms with van der Waals surface area (Å²) in [5.41, 5.74) is 9.64. The van der Waals surface area contributed by atoms with Gasteiger partial charge in [0.25, 0.3) is 0 Å². The number of aliphatic hydroxyl groups excluding tert-OH is 1. The van der Waals surface area contributed by atoms with Crippen molar-refractivity contribution < 1.29 is 14.6 Å². The van der Waals surface area contributed by atoms with Gasteiger partial charge in [-0.3, -0.25) is 0 Å². The van der Waals surface area contributed by atoms with Crippen molar-refractivity contribution in [2.24, 2.45) is 0 Å². The fraction of sp³-hybridized carbons (Fsp3) is 0.357. The van der Waals surface area contributed by atoms with Gasteiger partial charge in [-0.1, -0.05) is 18.2 Å². The molecule has 1 aliphatic heterocycles. The second-order valence-corrected chi connectivity index (χ2v) is 9.99. The second kappa shape index (κ2) is 9.85. The van der Waals surface area contributed by atoms with E-state index in [0.29, 0.717) is 43.9 Å². The second-order valence-electron chi connectivity index (χ2n) is 9.99. The lowest BCUT2D eigenvalue weighted by Crippen LogP contribution is -2.50. The van der Waals surface area contributed by atoms with Crippen LogP contribution in [-0.4, -0.2) is 47.9 Å². The largest absolute Gasteiger partial charge is 0.444 e. The number of nitriles is 1. The Kier molecular flexibility index (Phi) is 6.86. The van der Waals surface area contributed by atoms with Gasteiger partial charge in [-0.25, -0.2) is 4.79 Å². The van der Waals surface area contributed by atoms with Crippen LogP contribution in [0.2, 0.25) is 0 Å². The zero-order valence-corrected chi connectivity index (χ0v) is 20.5. The Morgan fingerprint density at radius 1 is 1.06 bits per heavy atom. The zero-order valence-electron chi connectivity index (χ0n) is 20.5. The number of fused-ring (bicyclic) bond motifs is 1. The van der Waals surface area contributed by atoms with E-state index in [1.165, 1.54) is 0 Å². The number of amides is 1. The standard InChI is InChI=1S/C28H32N4O3/c1-28(2,3)35-27(34)32-12-10-31(11-13-32)24-8-9-25(30)23(16-24)17-26(33)21-7-6-20-5-4-19(18-29)14-22(20)15-21/h4-9,14-16,26,33H,10-13,17,30H2,1-3H3. The van der Waals surface area contributed by atoms with Crippen molar-refractivity contribution in [2.75, 3.05) is 36.8 Å². The average molecular weight is 473 g/mol. The maximum atomic E-state index is 12.4. The van der Waals surface area contributed by atoms with Crippen LogP contribution < -0.4 is 10.6 Å². The molecule has 7 heteroatoms. The number of hydrogen-bond donors (Lipinski definition) is 2. The third-order valence-corrected chi connectivity index (χ3v) is 6.21. The summed E-state index contributed by atoms with van der Waals surface area (Å²) in [5, 5.41) is 22.1. The first kappa shape index (κ1) is 24.4. The van der Waals surface area contributed by atoms with Gasteiger partial charge in [0.15, 0.2) is 0 Å². The van der Waals surface area contributed by atoms with Gasteiger partial charge in [0, 0.05) is 44.0 Å². The Hall–Kier alpha value is -3.76. The monoisotopic (exact) mass is 472 g/mol. The third kappa shape index (κ3) is 5.84. The van der Waals surface area contributed by atoms with Crippen LogP contribution in [0, 0.1) is 11.3 Å². The molecule has 7 nitrogen and oxygen atoms in total. The number of hydrogen-bond acceptors (Lipinski definition) is 6. The molecule has 0 saturated carbocycles. The molecule has 1 saturated heterocycles. The van der Waals surface area contributed by atoms with Crippen LogP contribution >= 0.6 is 0 Å². The molecular formula is C28H32N4O3. The van der Waals surface area contributed by atoms with Crippen molar-refractivity contribution in [3.8, 4) is 6.07 Å². The van der Waals surface area contributed by atoms with Crippen LogP contribution in [0.15, 0.2) is 54.6 Å². The van der Waals surface area contributed by atoms with Crippen LogP contribution in [-0.2, 0) is 11.2 Å². The van der Waals surface area contributed by atoms with E-state index in [9.17, 15) is 15.2 Å². The molecule has 0 spiro atoms. The van der Waals surface area contributed by atoms with Crippen molar-refractivity contribution >= 4 is 28.2 Å². The van der Waals surface area contributed by atoms with Crippen LogP contribution in [0.4, 0.5) is 16.2 Å². The summed E-state index contributed by atoms with van der Waals surface area (Å²) >= 11 is 0. The number of carbonyl (C=O) groups excluding carboxylic acids is 1. The van der Waals surface area contributed by atoms with Gasteiger partial charge in [0.1, 0.15) is 5.60 Å². The normalized spacial score (nSPS) is 15.1. The molecule has 182 valence electrons. The Labute approximate surface area is 206 Å². The van der Waals surface area contributed by atoms with Gasteiger partial charge in [-0.15, -0.1) is 0 Å². The first-order valence-corrected chi connectivity index (χ1v) is 11.9. The minimum Gasteiger partial charge on any atom is -0.444 e. The molecule has 35 heavy (non-hydrogen) atoms. The van der Waals surface area contributed by atoms with Gasteiger partial charge in [0.2, 0.25) is 0 Å². The molecule has 0 aromatic heterocycles. The number of piperazine rings is 1. The molecule has 0 bridgehead atoms. The molecular weight excluding hydrogens is 440 g/mol. The number of nitrogens with two attached hydrogens (primary N) is 1. The Bertz CT molecular complexity index is 1270. The van der Waals surface area contributed by atoms with Gasteiger partial charge < -0.3 is 25.4 Å². The third-order valence-electron chi connectivity index (χ3n) is 6.21. The quantitative estimate of drug-likeness (QED) is 0.537. The molecule has 3 N–H and O–H groups in total. The molecule has 3 aromatic carbocycles. The number of anilines is 2. The topological polar surface area (TPSA) is 103 Å². The van der Waals surface area contributed by atoms with E-state index in [4.69, 9.17) is 10.5 Å². The maximum absolute atomic E-state index is 12.4. The van der Waals surface area contributed by atoms with Gasteiger partial charge in [0.05, 0.1) is 17.7 Å². The van der Waals surface area contributed by atoms with Gasteiger partial charge >= 0.3 is 6.09 Å². The van der Waals surface area contributed by atoms with E-state index in [1.54, 1.807) is 11.0 Å². The van der Waals surface area contributed by atoms with Crippen LogP contribution in [0.3, 0.4) is 0 Å². The molecule has 4 rings (SSSR count). The minimum absolute atomic E-state index is 0.282. The van der Waals surface area contributed by atoms with Crippen LogP contribution in [0.25, 0.3) is 10.8 Å². The summed E-state index contributed by atoms with van der Waals surface area (Å²) in [7, 11) is 0.